The number of rotatable bonds is 8. The van der Waals surface area contributed by atoms with E-state index in [2.05, 4.69) is 26.1 Å². The van der Waals surface area contributed by atoms with Crippen molar-refractivity contribution in [1.29, 1.82) is 0 Å². The monoisotopic (exact) mass is 464 g/mol. The number of hydrogen-bond donors (Lipinski definition) is 1. The third-order valence-electron chi connectivity index (χ3n) is 5.05. The van der Waals surface area contributed by atoms with Gasteiger partial charge in [-0.25, -0.2) is 0 Å². The molecule has 168 valence electrons. The number of carbonyl (C=O) groups is 2. The van der Waals surface area contributed by atoms with E-state index in [9.17, 15) is 9.59 Å². The highest BCUT2D eigenvalue weighted by Crippen LogP contribution is 2.25. The molecule has 5 nitrogen and oxygen atoms in total. The molecule has 2 aromatic carbocycles. The molecule has 0 aliphatic carbocycles. The quantitative estimate of drug-likeness (QED) is 0.582. The van der Waals surface area contributed by atoms with Crippen LogP contribution in [0.15, 0.2) is 42.5 Å². The molecular formula is C24H30Cl2N2O3. The van der Waals surface area contributed by atoms with E-state index in [-0.39, 0.29) is 30.4 Å². The lowest BCUT2D eigenvalue weighted by Crippen LogP contribution is -2.49. The van der Waals surface area contributed by atoms with Crippen LogP contribution in [0.5, 0.6) is 5.75 Å². The fourth-order valence-electron chi connectivity index (χ4n) is 3.20. The first kappa shape index (κ1) is 25.0. The van der Waals surface area contributed by atoms with Gasteiger partial charge in [0.2, 0.25) is 5.91 Å². The van der Waals surface area contributed by atoms with Gasteiger partial charge >= 0.3 is 0 Å². The highest BCUT2D eigenvalue weighted by atomic mass is 35.5. The highest BCUT2D eigenvalue weighted by Gasteiger charge is 2.28. The van der Waals surface area contributed by atoms with Gasteiger partial charge in [-0.3, -0.25) is 9.59 Å². The summed E-state index contributed by atoms with van der Waals surface area (Å²) in [4.78, 5) is 27.0. The van der Waals surface area contributed by atoms with Gasteiger partial charge in [0.1, 0.15) is 11.8 Å². The van der Waals surface area contributed by atoms with E-state index in [4.69, 9.17) is 27.9 Å². The third-order valence-corrected chi connectivity index (χ3v) is 5.79. The van der Waals surface area contributed by atoms with Crippen molar-refractivity contribution in [1.82, 2.24) is 10.2 Å². The van der Waals surface area contributed by atoms with Crippen molar-refractivity contribution in [3.8, 4) is 5.75 Å². The second kappa shape index (κ2) is 10.9. The molecule has 0 aliphatic heterocycles. The van der Waals surface area contributed by atoms with Crippen LogP contribution < -0.4 is 10.1 Å². The van der Waals surface area contributed by atoms with Crippen LogP contribution in [-0.4, -0.2) is 36.4 Å². The Morgan fingerprint density at radius 1 is 1.06 bits per heavy atom. The van der Waals surface area contributed by atoms with E-state index >= 15 is 0 Å². The van der Waals surface area contributed by atoms with Crippen molar-refractivity contribution < 1.29 is 14.3 Å². The van der Waals surface area contributed by atoms with Crippen molar-refractivity contribution in [3.63, 3.8) is 0 Å². The third kappa shape index (κ3) is 6.88. The van der Waals surface area contributed by atoms with Gasteiger partial charge < -0.3 is 15.0 Å². The predicted molar refractivity (Wildman–Crippen MR) is 126 cm³/mol. The standard InChI is InChI=1S/C24H30Cl2N2O3/c1-6-21(23(30)27-5)28(14-16-7-12-19(25)20(26)13-16)22(29)15-31-18-10-8-17(9-11-18)24(2,3)4/h7-13,21H,6,14-15H2,1-5H3,(H,27,30)/t21-/m1/s1. The first-order valence-corrected chi connectivity index (χ1v) is 11.0. The van der Waals surface area contributed by atoms with Crippen LogP contribution in [0.25, 0.3) is 0 Å². The van der Waals surface area contributed by atoms with Crippen molar-refractivity contribution in [2.75, 3.05) is 13.7 Å². The first-order chi connectivity index (χ1) is 14.6. The summed E-state index contributed by atoms with van der Waals surface area (Å²) in [7, 11) is 1.56. The Morgan fingerprint density at radius 3 is 2.23 bits per heavy atom. The minimum absolute atomic E-state index is 0.0346. The van der Waals surface area contributed by atoms with E-state index in [1.54, 1.807) is 25.2 Å². The van der Waals surface area contributed by atoms with E-state index in [1.165, 1.54) is 10.5 Å². The Bertz CT molecular complexity index is 908. The van der Waals surface area contributed by atoms with Crippen LogP contribution in [0.4, 0.5) is 0 Å². The summed E-state index contributed by atoms with van der Waals surface area (Å²) in [5, 5.41) is 3.46. The molecule has 0 saturated heterocycles. The molecule has 1 atom stereocenters. The Morgan fingerprint density at radius 2 is 1.71 bits per heavy atom. The van der Waals surface area contributed by atoms with Gasteiger partial charge in [-0.05, 0) is 47.2 Å². The minimum Gasteiger partial charge on any atom is -0.484 e. The molecule has 0 radical (unpaired) electrons. The van der Waals surface area contributed by atoms with E-state index in [0.29, 0.717) is 22.2 Å². The van der Waals surface area contributed by atoms with Crippen LogP contribution in [0.1, 0.15) is 45.2 Å². The number of ether oxygens (including phenoxy) is 1. The molecule has 0 spiro atoms. The summed E-state index contributed by atoms with van der Waals surface area (Å²) in [5.41, 5.74) is 1.99. The molecule has 31 heavy (non-hydrogen) atoms. The number of nitrogens with zero attached hydrogens (tertiary/aromatic N) is 1. The van der Waals surface area contributed by atoms with Crippen molar-refractivity contribution in [2.45, 2.75) is 52.1 Å². The van der Waals surface area contributed by atoms with Gasteiger partial charge in [-0.15, -0.1) is 0 Å². The molecule has 2 rings (SSSR count). The Labute approximate surface area is 194 Å². The molecule has 0 saturated carbocycles. The number of carbonyl (C=O) groups excluding carboxylic acids is 2. The molecule has 0 aromatic heterocycles. The lowest BCUT2D eigenvalue weighted by molar-refractivity contribution is -0.142. The van der Waals surface area contributed by atoms with Crippen LogP contribution in [0, 0.1) is 0 Å². The average Bonchev–Trinajstić information content (AvgIpc) is 2.73. The lowest BCUT2D eigenvalue weighted by atomic mass is 9.87. The molecule has 0 unspecified atom stereocenters. The maximum absolute atomic E-state index is 13.1. The summed E-state index contributed by atoms with van der Waals surface area (Å²) in [6.45, 7) is 8.31. The molecule has 1 N–H and O–H groups in total. The van der Waals surface area contributed by atoms with Gasteiger partial charge in [0.05, 0.1) is 10.0 Å². The molecule has 0 heterocycles. The molecule has 0 bridgehead atoms. The van der Waals surface area contributed by atoms with Crippen LogP contribution in [0.2, 0.25) is 10.0 Å². The van der Waals surface area contributed by atoms with E-state index in [1.807, 2.05) is 31.2 Å². The fourth-order valence-corrected chi connectivity index (χ4v) is 3.52. The molecule has 2 amide bonds. The van der Waals surface area contributed by atoms with Crippen molar-refractivity contribution >= 4 is 35.0 Å². The number of likely N-dealkylation sites (N-methyl/N-ethyl adjacent to an activating group) is 1. The largest absolute Gasteiger partial charge is 0.484 e. The topological polar surface area (TPSA) is 58.6 Å². The number of benzene rings is 2. The van der Waals surface area contributed by atoms with Gasteiger partial charge in [0, 0.05) is 13.6 Å². The highest BCUT2D eigenvalue weighted by molar-refractivity contribution is 6.42. The van der Waals surface area contributed by atoms with Gasteiger partial charge in [-0.1, -0.05) is 69.1 Å². The summed E-state index contributed by atoms with van der Waals surface area (Å²) < 4.78 is 5.73. The summed E-state index contributed by atoms with van der Waals surface area (Å²) in [6.07, 6.45) is 0.465. The van der Waals surface area contributed by atoms with Crippen molar-refractivity contribution in [2.24, 2.45) is 0 Å². The van der Waals surface area contributed by atoms with E-state index < -0.39 is 6.04 Å². The van der Waals surface area contributed by atoms with Gasteiger partial charge in [0.25, 0.3) is 5.91 Å². The lowest BCUT2D eigenvalue weighted by Gasteiger charge is -2.30. The Balaban J connectivity index is 2.18. The Kier molecular flexibility index (Phi) is 8.78. The van der Waals surface area contributed by atoms with E-state index in [0.717, 1.165) is 5.56 Å². The molecular weight excluding hydrogens is 435 g/mol. The molecule has 0 fully saturated rings. The zero-order valence-electron chi connectivity index (χ0n) is 18.7. The summed E-state index contributed by atoms with van der Waals surface area (Å²) >= 11 is 12.1. The maximum Gasteiger partial charge on any atom is 0.261 e. The van der Waals surface area contributed by atoms with Crippen LogP contribution >= 0.6 is 23.2 Å². The number of nitrogens with one attached hydrogen (secondary N) is 1. The van der Waals surface area contributed by atoms with Crippen LogP contribution in [-0.2, 0) is 21.5 Å². The Hall–Kier alpha value is -2.24. The summed E-state index contributed by atoms with van der Waals surface area (Å²) in [5.74, 6) is 0.0793. The zero-order chi connectivity index (χ0) is 23.2. The molecule has 2 aromatic rings. The van der Waals surface area contributed by atoms with Crippen LogP contribution in [0.3, 0.4) is 0 Å². The average molecular weight is 465 g/mol. The SMILES string of the molecule is CC[C@H](C(=O)NC)N(Cc1ccc(Cl)c(Cl)c1)C(=O)COc1ccc(C(C)(C)C)cc1. The van der Waals surface area contributed by atoms with Crippen molar-refractivity contribution in [3.05, 3.63) is 63.6 Å². The number of hydrogen-bond acceptors (Lipinski definition) is 3. The second-order valence-corrected chi connectivity index (χ2v) is 9.19. The number of amides is 2. The number of halogens is 2. The maximum atomic E-state index is 13.1. The zero-order valence-corrected chi connectivity index (χ0v) is 20.2. The normalized spacial score (nSPS) is 12.2. The molecule has 0 aliphatic rings. The predicted octanol–water partition coefficient (Wildman–Crippen LogP) is 5.22. The second-order valence-electron chi connectivity index (χ2n) is 8.37. The summed E-state index contributed by atoms with van der Waals surface area (Å²) in [6, 6.07) is 12.2. The molecule has 7 heteroatoms. The first-order valence-electron chi connectivity index (χ1n) is 10.2. The van der Waals surface area contributed by atoms with Gasteiger partial charge in [0.15, 0.2) is 6.61 Å². The minimum atomic E-state index is -0.626. The van der Waals surface area contributed by atoms with Gasteiger partial charge in [-0.2, -0.15) is 0 Å². The fraction of sp³-hybridized carbons (Fsp3) is 0.417. The smallest absolute Gasteiger partial charge is 0.261 e.